The number of hydrogen-bond donors (Lipinski definition) is 1. The van der Waals surface area contributed by atoms with E-state index in [1.807, 2.05) is 11.6 Å². The molecule has 0 unspecified atom stereocenters. The molecule has 1 aliphatic rings. The molecule has 1 heterocycles. The van der Waals surface area contributed by atoms with Gasteiger partial charge in [0.15, 0.2) is 0 Å². The molecule has 1 aliphatic carbocycles. The Balaban J connectivity index is 1.89. The minimum Gasteiger partial charge on any atom is -0.310 e. The molecule has 3 nitrogen and oxygen atoms in total. The van der Waals surface area contributed by atoms with E-state index in [0.717, 1.165) is 35.4 Å². The van der Waals surface area contributed by atoms with Crippen LogP contribution in [-0.2, 0) is 13.1 Å². The molecule has 0 radical (unpaired) electrons. The van der Waals surface area contributed by atoms with E-state index in [0.29, 0.717) is 0 Å². The van der Waals surface area contributed by atoms with Crippen molar-refractivity contribution in [1.29, 1.82) is 0 Å². The summed E-state index contributed by atoms with van der Waals surface area (Å²) in [5.74, 6) is 0. The SMILES string of the molecule is CCn1nc(C)c(-c2ccc(CNC3CC3)cc2Cl)c1C. The molecule has 1 N–H and O–H groups in total. The summed E-state index contributed by atoms with van der Waals surface area (Å²) in [5, 5.41) is 8.91. The van der Waals surface area contributed by atoms with Gasteiger partial charge in [0.1, 0.15) is 0 Å². The van der Waals surface area contributed by atoms with Crippen LogP contribution in [0.4, 0.5) is 0 Å². The fourth-order valence-electron chi connectivity index (χ4n) is 2.82. The van der Waals surface area contributed by atoms with Gasteiger partial charge in [0.2, 0.25) is 0 Å². The average molecular weight is 304 g/mol. The van der Waals surface area contributed by atoms with Crippen molar-refractivity contribution in [3.05, 3.63) is 40.2 Å². The van der Waals surface area contributed by atoms with Gasteiger partial charge in [0, 0.05) is 41.0 Å². The summed E-state index contributed by atoms with van der Waals surface area (Å²) >= 11 is 6.53. The van der Waals surface area contributed by atoms with Crippen LogP contribution in [0.2, 0.25) is 5.02 Å². The molecular weight excluding hydrogens is 282 g/mol. The van der Waals surface area contributed by atoms with Crippen LogP contribution in [-0.4, -0.2) is 15.8 Å². The molecule has 4 heteroatoms. The lowest BCUT2D eigenvalue weighted by atomic mass is 10.0. The highest BCUT2D eigenvalue weighted by atomic mass is 35.5. The maximum atomic E-state index is 6.53. The first kappa shape index (κ1) is 14.6. The lowest BCUT2D eigenvalue weighted by molar-refractivity contribution is 0.634. The van der Waals surface area contributed by atoms with Crippen LogP contribution >= 0.6 is 11.6 Å². The third kappa shape index (κ3) is 2.99. The Bertz CT molecular complexity index is 656. The van der Waals surface area contributed by atoms with Gasteiger partial charge in [0.05, 0.1) is 5.69 Å². The summed E-state index contributed by atoms with van der Waals surface area (Å²) in [4.78, 5) is 0. The zero-order valence-corrected chi connectivity index (χ0v) is 13.7. The van der Waals surface area contributed by atoms with Gasteiger partial charge in [-0.2, -0.15) is 5.10 Å². The molecular formula is C17H22ClN3. The van der Waals surface area contributed by atoms with Crippen molar-refractivity contribution in [2.45, 2.75) is 52.7 Å². The number of benzene rings is 1. The minimum absolute atomic E-state index is 0.718. The van der Waals surface area contributed by atoms with Crippen LogP contribution in [0.3, 0.4) is 0 Å². The molecule has 1 aromatic carbocycles. The zero-order valence-electron chi connectivity index (χ0n) is 12.9. The molecule has 0 amide bonds. The van der Waals surface area contributed by atoms with Crippen LogP contribution < -0.4 is 5.32 Å². The van der Waals surface area contributed by atoms with E-state index in [2.05, 4.69) is 42.5 Å². The second-order valence-corrected chi connectivity index (χ2v) is 6.24. The summed E-state index contributed by atoms with van der Waals surface area (Å²) in [5.41, 5.74) is 5.72. The zero-order chi connectivity index (χ0) is 15.0. The van der Waals surface area contributed by atoms with Gasteiger partial charge in [-0.15, -0.1) is 0 Å². The third-order valence-electron chi connectivity index (χ3n) is 4.16. The second-order valence-electron chi connectivity index (χ2n) is 5.83. The van der Waals surface area contributed by atoms with Crippen molar-refractivity contribution in [1.82, 2.24) is 15.1 Å². The molecule has 21 heavy (non-hydrogen) atoms. The Labute approximate surface area is 131 Å². The summed E-state index contributed by atoms with van der Waals surface area (Å²) in [6.07, 6.45) is 2.61. The molecule has 0 atom stereocenters. The lowest BCUT2D eigenvalue weighted by Crippen LogP contribution is -2.15. The number of hydrogen-bond acceptors (Lipinski definition) is 2. The molecule has 1 aromatic heterocycles. The Morgan fingerprint density at radius 3 is 2.67 bits per heavy atom. The highest BCUT2D eigenvalue weighted by Crippen LogP contribution is 2.33. The number of nitrogens with one attached hydrogen (secondary N) is 1. The van der Waals surface area contributed by atoms with Gasteiger partial charge < -0.3 is 5.32 Å². The molecule has 0 bridgehead atoms. The van der Waals surface area contributed by atoms with E-state index in [1.54, 1.807) is 0 Å². The normalized spacial score (nSPS) is 14.7. The molecule has 3 rings (SSSR count). The number of nitrogens with zero attached hydrogens (tertiary/aromatic N) is 2. The number of rotatable bonds is 5. The second kappa shape index (κ2) is 5.82. The number of aromatic nitrogens is 2. The maximum Gasteiger partial charge on any atom is 0.0675 e. The predicted molar refractivity (Wildman–Crippen MR) is 87.7 cm³/mol. The van der Waals surface area contributed by atoms with Crippen molar-refractivity contribution in [3.63, 3.8) is 0 Å². The summed E-state index contributed by atoms with van der Waals surface area (Å²) in [7, 11) is 0. The molecule has 1 saturated carbocycles. The van der Waals surface area contributed by atoms with Crippen molar-refractivity contribution >= 4 is 11.6 Å². The van der Waals surface area contributed by atoms with Crippen LogP contribution in [0.15, 0.2) is 18.2 Å². The predicted octanol–water partition coefficient (Wildman–Crippen LogP) is 4.09. The van der Waals surface area contributed by atoms with E-state index in [9.17, 15) is 0 Å². The van der Waals surface area contributed by atoms with E-state index in [1.165, 1.54) is 29.7 Å². The van der Waals surface area contributed by atoms with Gasteiger partial charge >= 0.3 is 0 Å². The Morgan fingerprint density at radius 1 is 1.33 bits per heavy atom. The Kier molecular flexibility index (Phi) is 4.05. The molecule has 0 saturated heterocycles. The maximum absolute atomic E-state index is 6.53. The van der Waals surface area contributed by atoms with E-state index < -0.39 is 0 Å². The summed E-state index contributed by atoms with van der Waals surface area (Å²) < 4.78 is 2.03. The van der Waals surface area contributed by atoms with Crippen LogP contribution in [0.1, 0.15) is 36.7 Å². The van der Waals surface area contributed by atoms with Gasteiger partial charge in [-0.3, -0.25) is 4.68 Å². The largest absolute Gasteiger partial charge is 0.310 e. The molecule has 112 valence electrons. The molecule has 0 aliphatic heterocycles. The first-order valence-corrected chi connectivity index (χ1v) is 8.04. The van der Waals surface area contributed by atoms with Gasteiger partial charge in [-0.1, -0.05) is 23.7 Å². The van der Waals surface area contributed by atoms with Gasteiger partial charge in [0.25, 0.3) is 0 Å². The van der Waals surface area contributed by atoms with Crippen LogP contribution in [0.5, 0.6) is 0 Å². The standard InChI is InChI=1S/C17H22ClN3/c1-4-21-12(3)17(11(2)20-21)15-8-5-13(9-16(15)18)10-19-14-6-7-14/h5,8-9,14,19H,4,6-7,10H2,1-3H3. The Morgan fingerprint density at radius 2 is 2.10 bits per heavy atom. The van der Waals surface area contributed by atoms with Crippen molar-refractivity contribution < 1.29 is 0 Å². The fourth-order valence-corrected chi connectivity index (χ4v) is 3.11. The molecule has 1 fully saturated rings. The van der Waals surface area contributed by atoms with Gasteiger partial charge in [-0.25, -0.2) is 0 Å². The highest BCUT2D eigenvalue weighted by molar-refractivity contribution is 6.33. The van der Waals surface area contributed by atoms with E-state index >= 15 is 0 Å². The monoisotopic (exact) mass is 303 g/mol. The summed E-state index contributed by atoms with van der Waals surface area (Å²) in [6, 6.07) is 7.09. The number of halogens is 1. The van der Waals surface area contributed by atoms with Crippen LogP contribution in [0, 0.1) is 13.8 Å². The van der Waals surface area contributed by atoms with Crippen molar-refractivity contribution in [2.24, 2.45) is 0 Å². The topological polar surface area (TPSA) is 29.9 Å². The van der Waals surface area contributed by atoms with Crippen LogP contribution in [0.25, 0.3) is 11.1 Å². The third-order valence-corrected chi connectivity index (χ3v) is 4.47. The quantitative estimate of drug-likeness (QED) is 0.901. The summed E-state index contributed by atoms with van der Waals surface area (Å²) in [6.45, 7) is 8.05. The van der Waals surface area contributed by atoms with Gasteiger partial charge in [-0.05, 0) is 45.2 Å². The Hall–Kier alpha value is -1.32. The first-order chi connectivity index (χ1) is 10.1. The first-order valence-electron chi connectivity index (χ1n) is 7.66. The van der Waals surface area contributed by atoms with Crippen molar-refractivity contribution in [2.75, 3.05) is 0 Å². The number of aryl methyl sites for hydroxylation is 2. The minimum atomic E-state index is 0.718. The lowest BCUT2D eigenvalue weighted by Gasteiger charge is -2.09. The molecule has 2 aromatic rings. The van der Waals surface area contributed by atoms with Crippen molar-refractivity contribution in [3.8, 4) is 11.1 Å². The average Bonchev–Trinajstić information content (AvgIpc) is 3.24. The highest BCUT2D eigenvalue weighted by Gasteiger charge is 2.20. The van der Waals surface area contributed by atoms with E-state index in [4.69, 9.17) is 11.6 Å². The smallest absolute Gasteiger partial charge is 0.0675 e. The van der Waals surface area contributed by atoms with E-state index in [-0.39, 0.29) is 0 Å². The fraction of sp³-hybridized carbons (Fsp3) is 0.471. The molecule has 0 spiro atoms.